The van der Waals surface area contributed by atoms with E-state index >= 15 is 0 Å². The van der Waals surface area contributed by atoms with E-state index in [9.17, 15) is 14.7 Å². The van der Waals surface area contributed by atoms with Crippen LogP contribution in [0.2, 0.25) is 0 Å². The van der Waals surface area contributed by atoms with Crippen molar-refractivity contribution in [2.24, 2.45) is 0 Å². The molecule has 0 aromatic heterocycles. The van der Waals surface area contributed by atoms with E-state index in [1.54, 1.807) is 18.9 Å². The third-order valence-corrected chi connectivity index (χ3v) is 8.26. The minimum Gasteiger partial charge on any atom is -0.497 e. The number of ether oxygens (including phenoxy) is 2. The summed E-state index contributed by atoms with van der Waals surface area (Å²) >= 11 is 1.65. The number of carboxylic acids is 1. The summed E-state index contributed by atoms with van der Waals surface area (Å²) < 4.78 is 11.0. The van der Waals surface area contributed by atoms with Crippen molar-refractivity contribution in [2.75, 3.05) is 13.7 Å². The Hall–Kier alpha value is -1.77. The summed E-state index contributed by atoms with van der Waals surface area (Å²) in [5, 5.41) is 12.7. The summed E-state index contributed by atoms with van der Waals surface area (Å²) in [6.45, 7) is 4.54. The van der Waals surface area contributed by atoms with Gasteiger partial charge < -0.3 is 19.9 Å². The van der Waals surface area contributed by atoms with Crippen molar-refractivity contribution in [1.82, 2.24) is 10.2 Å². The monoisotopic (exact) mass is 448 g/mol. The molecule has 3 fully saturated rings. The summed E-state index contributed by atoms with van der Waals surface area (Å²) in [6, 6.07) is 7.61. The number of thioether (sulfide) groups is 1. The molecule has 0 saturated carbocycles. The van der Waals surface area contributed by atoms with Gasteiger partial charge in [0.15, 0.2) is 0 Å². The fraction of sp³-hybridized carbons (Fsp3) is 0.652. The molecule has 0 radical (unpaired) electrons. The molecular weight excluding hydrogens is 416 g/mol. The molecule has 1 aromatic rings. The zero-order valence-electron chi connectivity index (χ0n) is 18.4. The van der Waals surface area contributed by atoms with Crippen LogP contribution in [0, 0.1) is 0 Å². The summed E-state index contributed by atoms with van der Waals surface area (Å²) in [4.78, 5) is 26.1. The van der Waals surface area contributed by atoms with Crippen molar-refractivity contribution in [2.45, 2.75) is 80.4 Å². The number of carbonyl (C=O) groups is 2. The van der Waals surface area contributed by atoms with Gasteiger partial charge in [-0.3, -0.25) is 14.5 Å². The predicted octanol–water partition coefficient (Wildman–Crippen LogP) is 2.67. The van der Waals surface area contributed by atoms with Gasteiger partial charge in [-0.25, -0.2) is 0 Å². The number of rotatable bonds is 8. The first-order valence-corrected chi connectivity index (χ1v) is 11.9. The van der Waals surface area contributed by atoms with E-state index in [4.69, 9.17) is 9.47 Å². The number of aliphatic carboxylic acids is 1. The van der Waals surface area contributed by atoms with E-state index in [1.165, 1.54) is 5.56 Å². The van der Waals surface area contributed by atoms with Crippen LogP contribution in [0.3, 0.4) is 0 Å². The summed E-state index contributed by atoms with van der Waals surface area (Å²) in [5.41, 5.74) is 1.23. The smallest absolute Gasteiger partial charge is 0.322 e. The highest BCUT2D eigenvalue weighted by molar-refractivity contribution is 8.01. The third-order valence-electron chi connectivity index (χ3n) is 6.58. The Morgan fingerprint density at radius 3 is 2.65 bits per heavy atom. The molecule has 2 N–H and O–H groups in total. The van der Waals surface area contributed by atoms with Crippen molar-refractivity contribution in [3.63, 3.8) is 0 Å². The minimum absolute atomic E-state index is 0.0217. The lowest BCUT2D eigenvalue weighted by atomic mass is 9.96. The Bertz CT molecular complexity index is 815. The Balaban J connectivity index is 1.18. The first kappa shape index (κ1) is 22.4. The molecule has 170 valence electrons. The lowest BCUT2D eigenvalue weighted by Crippen LogP contribution is -2.66. The molecule has 5 atom stereocenters. The quantitative estimate of drug-likeness (QED) is 0.632. The molecule has 0 spiro atoms. The highest BCUT2D eigenvalue weighted by atomic mass is 32.2. The lowest BCUT2D eigenvalue weighted by Gasteiger charge is -2.44. The van der Waals surface area contributed by atoms with Crippen LogP contribution >= 0.6 is 11.8 Å². The Kier molecular flexibility index (Phi) is 6.51. The molecule has 3 aliphatic rings. The number of hydrogen-bond donors (Lipinski definition) is 2. The summed E-state index contributed by atoms with van der Waals surface area (Å²) in [6.07, 6.45) is 4.37. The molecular formula is C23H32N2O5S. The van der Waals surface area contributed by atoms with Crippen molar-refractivity contribution in [3.8, 4) is 5.75 Å². The predicted molar refractivity (Wildman–Crippen MR) is 119 cm³/mol. The van der Waals surface area contributed by atoms with Crippen LogP contribution in [0.15, 0.2) is 24.3 Å². The van der Waals surface area contributed by atoms with E-state index in [-0.39, 0.29) is 34.3 Å². The fourth-order valence-electron chi connectivity index (χ4n) is 4.99. The number of benzene rings is 1. The van der Waals surface area contributed by atoms with E-state index in [1.807, 2.05) is 30.9 Å². The van der Waals surface area contributed by atoms with E-state index in [0.29, 0.717) is 13.0 Å². The minimum atomic E-state index is -0.785. The van der Waals surface area contributed by atoms with E-state index in [0.717, 1.165) is 31.4 Å². The van der Waals surface area contributed by atoms with Crippen LogP contribution in [-0.2, 0) is 20.7 Å². The molecule has 4 rings (SSSR count). The number of methoxy groups -OCH3 is 1. The van der Waals surface area contributed by atoms with Crippen molar-refractivity contribution >= 4 is 23.6 Å². The first-order valence-electron chi connectivity index (χ1n) is 11.0. The van der Waals surface area contributed by atoms with Gasteiger partial charge >= 0.3 is 5.97 Å². The van der Waals surface area contributed by atoms with Crippen LogP contribution < -0.4 is 10.1 Å². The Morgan fingerprint density at radius 1 is 1.26 bits per heavy atom. The van der Waals surface area contributed by atoms with Gasteiger partial charge in [-0.2, -0.15) is 0 Å². The number of hydrogen-bond acceptors (Lipinski definition) is 6. The molecule has 0 aliphatic carbocycles. The number of nitrogens with zero attached hydrogens (tertiary/aromatic N) is 1. The standard InChI is InChI=1S/C23H32N2O5S/c1-23(2)20(22(27)28)25-13-18(21(25)31-23)24-19(26)11-10-16-8-9-17(30-16)12-14-4-6-15(29-3)7-5-14/h4-7,16-18,20-21H,8-13H2,1-3H3,(H,24,26)(H,27,28)/t16-,17-,18-,20-,21-/m1/s1. The Morgan fingerprint density at radius 2 is 1.97 bits per heavy atom. The SMILES string of the molecule is COc1ccc(C[C@H]2CC[C@H](CCC(=O)N[C@@H]3CN4[C@@H]3SC(C)(C)[C@H]4C(=O)O)O2)cc1. The lowest BCUT2D eigenvalue weighted by molar-refractivity contribution is -0.146. The molecule has 3 saturated heterocycles. The number of amides is 1. The second-order valence-corrected chi connectivity index (χ2v) is 11.0. The highest BCUT2D eigenvalue weighted by Gasteiger charge is 2.59. The Labute approximate surface area is 187 Å². The van der Waals surface area contributed by atoms with Crippen LogP contribution in [-0.4, -0.2) is 69.9 Å². The number of carbonyl (C=O) groups excluding carboxylic acids is 1. The maximum absolute atomic E-state index is 12.5. The zero-order valence-corrected chi connectivity index (χ0v) is 19.2. The highest BCUT2D eigenvalue weighted by Crippen LogP contribution is 2.50. The third kappa shape index (κ3) is 4.86. The van der Waals surface area contributed by atoms with Crippen LogP contribution in [0.1, 0.15) is 45.1 Å². The van der Waals surface area contributed by atoms with Gasteiger partial charge in [0.25, 0.3) is 0 Å². The second kappa shape index (κ2) is 9.00. The van der Waals surface area contributed by atoms with Gasteiger partial charge in [0.2, 0.25) is 5.91 Å². The molecule has 3 heterocycles. The second-order valence-electron chi connectivity index (χ2n) is 9.27. The normalized spacial score (nSPS) is 31.6. The van der Waals surface area contributed by atoms with E-state index in [2.05, 4.69) is 17.4 Å². The molecule has 1 aromatic carbocycles. The molecule has 1 amide bonds. The largest absolute Gasteiger partial charge is 0.497 e. The average molecular weight is 449 g/mol. The average Bonchev–Trinajstić information content (AvgIpc) is 3.25. The topological polar surface area (TPSA) is 88.1 Å². The summed E-state index contributed by atoms with van der Waals surface area (Å²) in [5.74, 6) is 0.101. The maximum Gasteiger partial charge on any atom is 0.322 e. The molecule has 7 nitrogen and oxygen atoms in total. The molecule has 8 heteroatoms. The molecule has 0 bridgehead atoms. The van der Waals surface area contributed by atoms with Crippen LogP contribution in [0.4, 0.5) is 0 Å². The first-order chi connectivity index (χ1) is 14.8. The fourth-order valence-corrected chi connectivity index (χ4v) is 6.63. The van der Waals surface area contributed by atoms with Gasteiger partial charge in [-0.1, -0.05) is 12.1 Å². The van der Waals surface area contributed by atoms with Gasteiger partial charge in [0.05, 0.1) is 30.7 Å². The van der Waals surface area contributed by atoms with Gasteiger partial charge in [0, 0.05) is 17.7 Å². The molecule has 3 aliphatic heterocycles. The van der Waals surface area contributed by atoms with Crippen LogP contribution in [0.25, 0.3) is 0 Å². The van der Waals surface area contributed by atoms with E-state index < -0.39 is 12.0 Å². The number of nitrogens with one attached hydrogen (secondary N) is 1. The summed E-state index contributed by atoms with van der Waals surface area (Å²) in [7, 11) is 1.66. The number of fused-ring (bicyclic) bond motifs is 1. The van der Waals surface area contributed by atoms with Crippen molar-refractivity contribution in [1.29, 1.82) is 0 Å². The van der Waals surface area contributed by atoms with Gasteiger partial charge in [0.1, 0.15) is 11.8 Å². The van der Waals surface area contributed by atoms with Gasteiger partial charge in [-0.15, -0.1) is 11.8 Å². The number of carboxylic acid groups (broad SMARTS) is 1. The maximum atomic E-state index is 12.5. The zero-order chi connectivity index (χ0) is 22.2. The van der Waals surface area contributed by atoms with Crippen molar-refractivity contribution in [3.05, 3.63) is 29.8 Å². The molecule has 0 unspecified atom stereocenters. The van der Waals surface area contributed by atoms with Crippen LogP contribution in [0.5, 0.6) is 5.75 Å². The molecule has 31 heavy (non-hydrogen) atoms. The van der Waals surface area contributed by atoms with Gasteiger partial charge in [-0.05, 0) is 57.2 Å². The van der Waals surface area contributed by atoms with Crippen molar-refractivity contribution < 1.29 is 24.2 Å².